The Balaban J connectivity index is 4.36. The van der Waals surface area contributed by atoms with Gasteiger partial charge >= 0.3 is 6.09 Å². The molecule has 0 rings (SSSR count). The number of carbonyl (C=O) groups excluding carboxylic acids is 1. The number of halogens is 1. The highest BCUT2D eigenvalue weighted by Gasteiger charge is 2.02. The quantitative estimate of drug-likeness (QED) is 0.558. The second-order valence-electron chi connectivity index (χ2n) is 2.34. The SMILES string of the molecule is C=C/C(=C\C(F)=C/C)OC(=O)NCC. The summed E-state index contributed by atoms with van der Waals surface area (Å²) in [5.41, 5.74) is 0. The Bertz CT molecular complexity index is 269. The van der Waals surface area contributed by atoms with Crippen molar-refractivity contribution in [3.8, 4) is 0 Å². The van der Waals surface area contributed by atoms with Gasteiger partial charge in [-0.25, -0.2) is 9.18 Å². The molecule has 0 heterocycles. The smallest absolute Gasteiger partial charge is 0.410 e. The summed E-state index contributed by atoms with van der Waals surface area (Å²) in [4.78, 5) is 10.9. The summed E-state index contributed by atoms with van der Waals surface area (Å²) in [5, 5.41) is 2.41. The molecule has 0 aromatic heterocycles. The molecule has 0 aliphatic carbocycles. The monoisotopic (exact) mass is 199 g/mol. The highest BCUT2D eigenvalue weighted by Crippen LogP contribution is 2.06. The molecule has 0 atom stereocenters. The van der Waals surface area contributed by atoms with Gasteiger partial charge in [-0.2, -0.15) is 0 Å². The zero-order chi connectivity index (χ0) is 11.0. The molecule has 0 aromatic carbocycles. The molecule has 0 bridgehead atoms. The number of hydrogen-bond donors (Lipinski definition) is 1. The van der Waals surface area contributed by atoms with Crippen LogP contribution in [0.15, 0.2) is 36.4 Å². The van der Waals surface area contributed by atoms with E-state index in [-0.39, 0.29) is 5.76 Å². The largest absolute Gasteiger partial charge is 0.412 e. The van der Waals surface area contributed by atoms with E-state index in [0.29, 0.717) is 6.54 Å². The minimum Gasteiger partial charge on any atom is -0.410 e. The number of allylic oxidation sites excluding steroid dienone is 4. The third-order valence-electron chi connectivity index (χ3n) is 1.29. The molecule has 0 saturated heterocycles. The molecule has 0 spiro atoms. The molecule has 0 aliphatic heterocycles. The lowest BCUT2D eigenvalue weighted by atomic mass is 10.4. The molecule has 0 unspecified atom stereocenters. The Morgan fingerprint density at radius 1 is 1.64 bits per heavy atom. The zero-order valence-electron chi connectivity index (χ0n) is 8.34. The maximum absolute atomic E-state index is 12.7. The molecule has 78 valence electrons. The fraction of sp³-hybridized carbons (Fsp3) is 0.300. The zero-order valence-corrected chi connectivity index (χ0v) is 8.34. The molecule has 0 fully saturated rings. The highest BCUT2D eigenvalue weighted by molar-refractivity contribution is 5.68. The van der Waals surface area contributed by atoms with E-state index in [1.165, 1.54) is 12.2 Å². The lowest BCUT2D eigenvalue weighted by Gasteiger charge is -2.04. The molecule has 4 heteroatoms. The minimum atomic E-state index is -0.623. The average molecular weight is 199 g/mol. The molecule has 0 aliphatic rings. The van der Waals surface area contributed by atoms with Crippen molar-refractivity contribution in [1.82, 2.24) is 5.32 Å². The maximum atomic E-state index is 12.7. The van der Waals surface area contributed by atoms with E-state index in [4.69, 9.17) is 4.74 Å². The number of ether oxygens (including phenoxy) is 1. The Morgan fingerprint density at radius 3 is 2.71 bits per heavy atom. The van der Waals surface area contributed by atoms with Gasteiger partial charge in [0.1, 0.15) is 11.6 Å². The summed E-state index contributed by atoms with van der Waals surface area (Å²) in [6, 6.07) is 0. The van der Waals surface area contributed by atoms with Crippen LogP contribution in [0.3, 0.4) is 0 Å². The molecular formula is C10H14FNO2. The topological polar surface area (TPSA) is 38.3 Å². The van der Waals surface area contributed by atoms with Crippen LogP contribution in [-0.4, -0.2) is 12.6 Å². The average Bonchev–Trinajstić information content (AvgIpc) is 2.16. The minimum absolute atomic E-state index is 0.0755. The van der Waals surface area contributed by atoms with E-state index in [1.54, 1.807) is 13.8 Å². The Morgan fingerprint density at radius 2 is 2.29 bits per heavy atom. The van der Waals surface area contributed by atoms with Crippen LogP contribution < -0.4 is 5.32 Å². The third kappa shape index (κ3) is 5.13. The predicted octanol–water partition coefficient (Wildman–Crippen LogP) is 2.68. The molecule has 3 nitrogen and oxygen atoms in total. The van der Waals surface area contributed by atoms with Crippen LogP contribution in [0, 0.1) is 0 Å². The Kier molecular flexibility index (Phi) is 6.11. The summed E-state index contributed by atoms with van der Waals surface area (Å²) >= 11 is 0. The molecule has 1 N–H and O–H groups in total. The second-order valence-corrected chi connectivity index (χ2v) is 2.34. The van der Waals surface area contributed by atoms with Crippen molar-refractivity contribution in [2.75, 3.05) is 6.54 Å². The maximum Gasteiger partial charge on any atom is 0.412 e. The first-order chi connectivity index (χ1) is 6.63. The fourth-order valence-corrected chi connectivity index (χ4v) is 0.637. The van der Waals surface area contributed by atoms with Crippen molar-refractivity contribution in [3.05, 3.63) is 36.4 Å². The van der Waals surface area contributed by atoms with Gasteiger partial charge < -0.3 is 10.1 Å². The molecule has 0 aromatic rings. The van der Waals surface area contributed by atoms with Crippen molar-refractivity contribution in [1.29, 1.82) is 0 Å². The van der Waals surface area contributed by atoms with Gasteiger partial charge in [0, 0.05) is 12.6 Å². The molecular weight excluding hydrogens is 185 g/mol. The molecule has 14 heavy (non-hydrogen) atoms. The molecule has 0 saturated carbocycles. The summed E-state index contributed by atoms with van der Waals surface area (Å²) in [5.74, 6) is -0.407. The van der Waals surface area contributed by atoms with Crippen molar-refractivity contribution in [2.45, 2.75) is 13.8 Å². The second kappa shape index (κ2) is 6.88. The van der Waals surface area contributed by atoms with Crippen molar-refractivity contribution in [3.63, 3.8) is 0 Å². The Hall–Kier alpha value is -1.58. The lowest BCUT2D eigenvalue weighted by molar-refractivity contribution is 0.179. The van der Waals surface area contributed by atoms with Gasteiger partial charge in [0.05, 0.1) is 0 Å². The van der Waals surface area contributed by atoms with Crippen molar-refractivity contribution < 1.29 is 13.9 Å². The van der Waals surface area contributed by atoms with E-state index in [2.05, 4.69) is 11.9 Å². The first-order valence-corrected chi connectivity index (χ1v) is 4.25. The number of rotatable bonds is 4. The van der Waals surface area contributed by atoms with E-state index in [1.807, 2.05) is 0 Å². The summed E-state index contributed by atoms with van der Waals surface area (Å²) < 4.78 is 17.5. The predicted molar refractivity (Wildman–Crippen MR) is 53.3 cm³/mol. The van der Waals surface area contributed by atoms with Crippen molar-refractivity contribution in [2.24, 2.45) is 0 Å². The third-order valence-corrected chi connectivity index (χ3v) is 1.29. The summed E-state index contributed by atoms with van der Waals surface area (Å²) in [7, 11) is 0. The molecule has 1 amide bonds. The number of nitrogens with one attached hydrogen (secondary N) is 1. The van der Waals surface area contributed by atoms with Crippen LogP contribution in [0.2, 0.25) is 0 Å². The number of hydrogen-bond acceptors (Lipinski definition) is 2. The van der Waals surface area contributed by atoms with E-state index in [0.717, 1.165) is 6.08 Å². The normalized spacial score (nSPS) is 12.2. The number of carbonyl (C=O) groups is 1. The van der Waals surface area contributed by atoms with Crippen LogP contribution in [0.25, 0.3) is 0 Å². The van der Waals surface area contributed by atoms with Crippen LogP contribution in [0.1, 0.15) is 13.8 Å². The summed E-state index contributed by atoms with van der Waals surface area (Å²) in [6.45, 7) is 7.14. The number of alkyl carbamates (subject to hydrolysis) is 1. The first-order valence-electron chi connectivity index (χ1n) is 4.25. The first kappa shape index (κ1) is 12.4. The van der Waals surface area contributed by atoms with E-state index < -0.39 is 11.9 Å². The molecule has 0 radical (unpaired) electrons. The van der Waals surface area contributed by atoms with E-state index in [9.17, 15) is 9.18 Å². The van der Waals surface area contributed by atoms with Gasteiger partial charge in [0.25, 0.3) is 0 Å². The van der Waals surface area contributed by atoms with Gasteiger partial charge in [-0.1, -0.05) is 12.7 Å². The van der Waals surface area contributed by atoms with Crippen LogP contribution in [-0.2, 0) is 4.74 Å². The lowest BCUT2D eigenvalue weighted by Crippen LogP contribution is -2.23. The van der Waals surface area contributed by atoms with Gasteiger partial charge in [0.2, 0.25) is 0 Å². The van der Waals surface area contributed by atoms with Gasteiger partial charge in [-0.3, -0.25) is 0 Å². The van der Waals surface area contributed by atoms with Crippen LogP contribution in [0.5, 0.6) is 0 Å². The highest BCUT2D eigenvalue weighted by atomic mass is 19.1. The van der Waals surface area contributed by atoms with E-state index >= 15 is 0 Å². The van der Waals surface area contributed by atoms with Crippen LogP contribution in [0.4, 0.5) is 9.18 Å². The van der Waals surface area contributed by atoms with Crippen LogP contribution >= 0.6 is 0 Å². The van der Waals surface area contributed by atoms with Gasteiger partial charge in [-0.15, -0.1) is 0 Å². The Labute approximate surface area is 82.9 Å². The standard InChI is InChI=1S/C10H14FNO2/c1-4-8(11)7-9(5-2)14-10(13)12-6-3/h4-5,7H,2,6H2,1,3H3,(H,12,13)/b8-4+,9-7+. The van der Waals surface area contributed by atoms with Crippen molar-refractivity contribution >= 4 is 6.09 Å². The van der Waals surface area contributed by atoms with Gasteiger partial charge in [-0.05, 0) is 19.9 Å². The number of amides is 1. The van der Waals surface area contributed by atoms with Gasteiger partial charge in [0.15, 0.2) is 0 Å². The summed E-state index contributed by atoms with van der Waals surface area (Å²) in [6.07, 6.45) is 2.98. The fourth-order valence-electron chi connectivity index (χ4n) is 0.637.